The van der Waals surface area contributed by atoms with Gasteiger partial charge in [0.05, 0.1) is 0 Å². The Morgan fingerprint density at radius 2 is 1.86 bits per heavy atom. The second kappa shape index (κ2) is 6.25. The van der Waals surface area contributed by atoms with E-state index in [0.29, 0.717) is 0 Å². The predicted molar refractivity (Wildman–Crippen MR) is 94.4 cm³/mol. The highest BCUT2D eigenvalue weighted by molar-refractivity contribution is 9.10. The van der Waals surface area contributed by atoms with E-state index >= 15 is 0 Å². The highest BCUT2D eigenvalue weighted by atomic mass is 79.9. The van der Waals surface area contributed by atoms with Crippen molar-refractivity contribution in [1.29, 1.82) is 0 Å². The summed E-state index contributed by atoms with van der Waals surface area (Å²) in [6.45, 7) is 3.79. The highest BCUT2D eigenvalue weighted by Crippen LogP contribution is 2.38. The lowest BCUT2D eigenvalue weighted by Gasteiger charge is -2.20. The Labute approximate surface area is 140 Å². The number of hydrogen-bond acceptors (Lipinski definition) is 1. The number of halogens is 1. The van der Waals surface area contributed by atoms with Crippen molar-refractivity contribution in [2.45, 2.75) is 39.0 Å². The SMILES string of the molecule is CC(=O)Nc1c([C@H](C)c2ccc(Br)cc2)ccc2c1CCC2. The summed E-state index contributed by atoms with van der Waals surface area (Å²) in [6.07, 6.45) is 3.36. The van der Waals surface area contributed by atoms with Gasteiger partial charge in [-0.25, -0.2) is 0 Å². The molecule has 0 saturated heterocycles. The summed E-state index contributed by atoms with van der Waals surface area (Å²) in [6, 6.07) is 12.8. The Balaban J connectivity index is 2.05. The molecule has 0 saturated carbocycles. The molecule has 0 unspecified atom stereocenters. The van der Waals surface area contributed by atoms with E-state index in [2.05, 4.69) is 64.6 Å². The minimum absolute atomic E-state index is 0.00422. The third-order valence-electron chi connectivity index (χ3n) is 4.45. The van der Waals surface area contributed by atoms with Crippen LogP contribution in [0.3, 0.4) is 0 Å². The van der Waals surface area contributed by atoms with Crippen molar-refractivity contribution in [3.8, 4) is 0 Å². The first-order chi connectivity index (χ1) is 10.6. The number of carbonyl (C=O) groups excluding carboxylic acids is 1. The molecular weight excluding hydrogens is 338 g/mol. The number of nitrogens with one attached hydrogen (secondary N) is 1. The lowest BCUT2D eigenvalue weighted by atomic mass is 9.89. The van der Waals surface area contributed by atoms with Crippen LogP contribution in [0.25, 0.3) is 0 Å². The number of rotatable bonds is 3. The summed E-state index contributed by atoms with van der Waals surface area (Å²) < 4.78 is 1.08. The highest BCUT2D eigenvalue weighted by Gasteiger charge is 2.21. The Morgan fingerprint density at radius 1 is 1.14 bits per heavy atom. The van der Waals surface area contributed by atoms with E-state index in [9.17, 15) is 4.79 Å². The molecule has 2 aromatic carbocycles. The van der Waals surface area contributed by atoms with Crippen molar-refractivity contribution in [1.82, 2.24) is 0 Å². The number of carbonyl (C=O) groups is 1. The van der Waals surface area contributed by atoms with Gasteiger partial charge < -0.3 is 5.32 Å². The summed E-state index contributed by atoms with van der Waals surface area (Å²) in [5.74, 6) is 0.255. The molecule has 1 atom stereocenters. The molecule has 0 bridgehead atoms. The molecule has 0 fully saturated rings. The van der Waals surface area contributed by atoms with Gasteiger partial charge in [-0.3, -0.25) is 4.79 Å². The second-order valence-corrected chi connectivity index (χ2v) is 6.89. The van der Waals surface area contributed by atoms with Crippen LogP contribution in [0.1, 0.15) is 48.4 Å². The van der Waals surface area contributed by atoms with Crippen LogP contribution in [0.2, 0.25) is 0 Å². The molecule has 0 aromatic heterocycles. The lowest BCUT2D eigenvalue weighted by molar-refractivity contribution is -0.114. The summed E-state index contributed by atoms with van der Waals surface area (Å²) in [4.78, 5) is 11.7. The maximum absolute atomic E-state index is 11.7. The van der Waals surface area contributed by atoms with E-state index in [-0.39, 0.29) is 11.8 Å². The fourth-order valence-corrected chi connectivity index (χ4v) is 3.56. The molecule has 3 rings (SSSR count). The van der Waals surface area contributed by atoms with E-state index in [1.54, 1.807) is 6.92 Å². The normalized spacial score (nSPS) is 14.5. The van der Waals surface area contributed by atoms with Crippen molar-refractivity contribution in [3.63, 3.8) is 0 Å². The van der Waals surface area contributed by atoms with E-state index in [4.69, 9.17) is 0 Å². The zero-order valence-electron chi connectivity index (χ0n) is 12.9. The van der Waals surface area contributed by atoms with Gasteiger partial charge in [0, 0.05) is 23.0 Å². The fourth-order valence-electron chi connectivity index (χ4n) is 3.30. The number of hydrogen-bond donors (Lipinski definition) is 1. The molecule has 2 aromatic rings. The Morgan fingerprint density at radius 3 is 2.55 bits per heavy atom. The Kier molecular flexibility index (Phi) is 4.34. The molecule has 22 heavy (non-hydrogen) atoms. The second-order valence-electron chi connectivity index (χ2n) is 5.98. The first-order valence-corrected chi connectivity index (χ1v) is 8.53. The summed E-state index contributed by atoms with van der Waals surface area (Å²) in [7, 11) is 0. The number of anilines is 1. The van der Waals surface area contributed by atoms with Crippen molar-refractivity contribution >= 4 is 27.5 Å². The lowest BCUT2D eigenvalue weighted by Crippen LogP contribution is -2.12. The molecule has 114 valence electrons. The third-order valence-corrected chi connectivity index (χ3v) is 4.98. The Bertz CT molecular complexity index is 706. The van der Waals surface area contributed by atoms with Crippen LogP contribution in [-0.4, -0.2) is 5.91 Å². The minimum Gasteiger partial charge on any atom is -0.326 e. The monoisotopic (exact) mass is 357 g/mol. The standard InChI is InChI=1S/C19H20BrNO/c1-12(14-6-9-16(20)10-7-14)17-11-8-15-4-3-5-18(15)19(17)21-13(2)22/h6-12H,3-5H2,1-2H3,(H,21,22)/t12-/m1/s1. The van der Waals surface area contributed by atoms with Gasteiger partial charge in [-0.1, -0.05) is 47.1 Å². The van der Waals surface area contributed by atoms with Gasteiger partial charge in [0.1, 0.15) is 0 Å². The molecule has 0 spiro atoms. The molecule has 0 heterocycles. The molecule has 1 aliphatic rings. The average molecular weight is 358 g/mol. The van der Waals surface area contributed by atoms with Crippen LogP contribution < -0.4 is 5.32 Å². The molecule has 1 amide bonds. The first kappa shape index (κ1) is 15.3. The van der Waals surface area contributed by atoms with Gasteiger partial charge in [0.15, 0.2) is 0 Å². The largest absolute Gasteiger partial charge is 0.326 e. The molecule has 1 aliphatic carbocycles. The molecule has 1 N–H and O–H groups in total. The van der Waals surface area contributed by atoms with E-state index < -0.39 is 0 Å². The zero-order valence-corrected chi connectivity index (χ0v) is 14.5. The van der Waals surface area contributed by atoms with Gasteiger partial charge in [0.25, 0.3) is 0 Å². The maximum Gasteiger partial charge on any atom is 0.221 e. The van der Waals surface area contributed by atoms with Crippen molar-refractivity contribution < 1.29 is 4.79 Å². The summed E-state index contributed by atoms with van der Waals surface area (Å²) >= 11 is 3.48. The van der Waals surface area contributed by atoms with Crippen molar-refractivity contribution in [2.24, 2.45) is 0 Å². The van der Waals surface area contributed by atoms with Gasteiger partial charge in [-0.15, -0.1) is 0 Å². The van der Waals surface area contributed by atoms with Crippen molar-refractivity contribution in [2.75, 3.05) is 5.32 Å². The van der Waals surface area contributed by atoms with Crippen LogP contribution >= 0.6 is 15.9 Å². The van der Waals surface area contributed by atoms with E-state index in [0.717, 1.165) is 23.0 Å². The summed E-state index contributed by atoms with van der Waals surface area (Å²) in [5, 5.41) is 3.09. The smallest absolute Gasteiger partial charge is 0.221 e. The Hall–Kier alpha value is -1.61. The predicted octanol–water partition coefficient (Wildman–Crippen LogP) is 5.05. The molecule has 0 aliphatic heterocycles. The van der Waals surface area contributed by atoms with Crippen LogP contribution in [0.4, 0.5) is 5.69 Å². The van der Waals surface area contributed by atoms with Crippen LogP contribution in [-0.2, 0) is 17.6 Å². The minimum atomic E-state index is 0.00422. The number of fused-ring (bicyclic) bond motifs is 1. The average Bonchev–Trinajstić information content (AvgIpc) is 2.96. The molecule has 3 heteroatoms. The number of amides is 1. The van der Waals surface area contributed by atoms with Crippen LogP contribution in [0.5, 0.6) is 0 Å². The van der Waals surface area contributed by atoms with Crippen LogP contribution in [0, 0.1) is 0 Å². The van der Waals surface area contributed by atoms with Crippen LogP contribution in [0.15, 0.2) is 40.9 Å². The zero-order chi connectivity index (χ0) is 15.7. The van der Waals surface area contributed by atoms with Crippen molar-refractivity contribution in [3.05, 3.63) is 63.1 Å². The quantitative estimate of drug-likeness (QED) is 0.818. The molecule has 0 radical (unpaired) electrons. The van der Waals surface area contributed by atoms with E-state index in [1.165, 1.54) is 28.7 Å². The topological polar surface area (TPSA) is 29.1 Å². The molecule has 2 nitrogen and oxygen atoms in total. The molecular formula is C19H20BrNO. The van der Waals surface area contributed by atoms with Gasteiger partial charge in [-0.05, 0) is 53.6 Å². The number of aryl methyl sites for hydroxylation is 1. The fraction of sp³-hybridized carbons (Fsp3) is 0.316. The maximum atomic E-state index is 11.7. The van der Waals surface area contributed by atoms with Gasteiger partial charge in [0.2, 0.25) is 5.91 Å². The number of benzene rings is 2. The first-order valence-electron chi connectivity index (χ1n) is 7.74. The summed E-state index contributed by atoms with van der Waals surface area (Å²) in [5.41, 5.74) is 6.22. The third kappa shape index (κ3) is 2.95. The van der Waals surface area contributed by atoms with Gasteiger partial charge >= 0.3 is 0 Å². The van der Waals surface area contributed by atoms with Gasteiger partial charge in [-0.2, -0.15) is 0 Å². The van der Waals surface area contributed by atoms with E-state index in [1.807, 2.05) is 0 Å².